The van der Waals surface area contributed by atoms with E-state index >= 15 is 0 Å². The standard InChI is InChI=1S/C13H29N3O/c1-9(2)10(14)7-8-16(6)12(17)11(15)13(3,4)5/h9-11H,7-8,14-15H2,1-6H3/t10?,11-/m1/s1. The summed E-state index contributed by atoms with van der Waals surface area (Å²) in [4.78, 5) is 13.7. The first-order valence-electron chi connectivity index (χ1n) is 6.33. The largest absolute Gasteiger partial charge is 0.344 e. The van der Waals surface area contributed by atoms with Gasteiger partial charge in [0.15, 0.2) is 0 Å². The number of nitrogens with two attached hydrogens (primary N) is 2. The van der Waals surface area contributed by atoms with Crippen LogP contribution in [-0.4, -0.2) is 36.5 Å². The van der Waals surface area contributed by atoms with E-state index < -0.39 is 6.04 Å². The number of carbonyl (C=O) groups excluding carboxylic acids is 1. The predicted octanol–water partition coefficient (Wildman–Crippen LogP) is 1.19. The monoisotopic (exact) mass is 243 g/mol. The molecule has 4 nitrogen and oxygen atoms in total. The van der Waals surface area contributed by atoms with Crippen LogP contribution in [0.1, 0.15) is 41.0 Å². The Morgan fingerprint density at radius 2 is 1.71 bits per heavy atom. The van der Waals surface area contributed by atoms with Crippen molar-refractivity contribution in [3.05, 3.63) is 0 Å². The van der Waals surface area contributed by atoms with Crippen LogP contribution in [0.4, 0.5) is 0 Å². The third-order valence-corrected chi connectivity index (χ3v) is 3.23. The lowest BCUT2D eigenvalue weighted by Crippen LogP contribution is -2.50. The minimum Gasteiger partial charge on any atom is -0.344 e. The van der Waals surface area contributed by atoms with Crippen molar-refractivity contribution in [2.24, 2.45) is 22.8 Å². The molecule has 0 spiro atoms. The van der Waals surface area contributed by atoms with Gasteiger partial charge in [0.1, 0.15) is 0 Å². The molecule has 0 fully saturated rings. The summed E-state index contributed by atoms with van der Waals surface area (Å²) >= 11 is 0. The third-order valence-electron chi connectivity index (χ3n) is 3.23. The maximum Gasteiger partial charge on any atom is 0.239 e. The first-order valence-corrected chi connectivity index (χ1v) is 6.33. The van der Waals surface area contributed by atoms with Gasteiger partial charge in [-0.25, -0.2) is 0 Å². The van der Waals surface area contributed by atoms with Gasteiger partial charge in [0.25, 0.3) is 0 Å². The highest BCUT2D eigenvalue weighted by Gasteiger charge is 2.29. The number of rotatable bonds is 5. The highest BCUT2D eigenvalue weighted by molar-refractivity contribution is 5.82. The van der Waals surface area contributed by atoms with Crippen molar-refractivity contribution in [2.45, 2.75) is 53.1 Å². The molecule has 0 aliphatic carbocycles. The highest BCUT2D eigenvalue weighted by Crippen LogP contribution is 2.18. The van der Waals surface area contributed by atoms with Crippen LogP contribution in [0.15, 0.2) is 0 Å². The molecule has 1 amide bonds. The third kappa shape index (κ3) is 5.50. The SMILES string of the molecule is CC(C)C(N)CCN(C)C(=O)[C@@H](N)C(C)(C)C. The molecular formula is C13H29N3O. The summed E-state index contributed by atoms with van der Waals surface area (Å²) < 4.78 is 0. The Morgan fingerprint density at radius 1 is 1.24 bits per heavy atom. The summed E-state index contributed by atoms with van der Waals surface area (Å²) in [6.45, 7) is 10.8. The Bertz CT molecular complexity index is 246. The van der Waals surface area contributed by atoms with E-state index in [1.54, 1.807) is 11.9 Å². The molecule has 17 heavy (non-hydrogen) atoms. The van der Waals surface area contributed by atoms with E-state index in [4.69, 9.17) is 11.5 Å². The lowest BCUT2D eigenvalue weighted by atomic mass is 9.86. The van der Waals surface area contributed by atoms with Gasteiger partial charge in [-0.3, -0.25) is 4.79 Å². The molecule has 0 saturated carbocycles. The van der Waals surface area contributed by atoms with E-state index in [2.05, 4.69) is 13.8 Å². The Kier molecular flexibility index (Phi) is 6.13. The van der Waals surface area contributed by atoms with Crippen molar-refractivity contribution in [1.29, 1.82) is 0 Å². The van der Waals surface area contributed by atoms with E-state index in [1.807, 2.05) is 20.8 Å². The number of hydrogen-bond donors (Lipinski definition) is 2. The van der Waals surface area contributed by atoms with Gasteiger partial charge in [0, 0.05) is 19.6 Å². The van der Waals surface area contributed by atoms with Crippen LogP contribution in [-0.2, 0) is 4.79 Å². The van der Waals surface area contributed by atoms with E-state index in [1.165, 1.54) is 0 Å². The van der Waals surface area contributed by atoms with Crippen LogP contribution in [0, 0.1) is 11.3 Å². The summed E-state index contributed by atoms with van der Waals surface area (Å²) in [5, 5.41) is 0. The summed E-state index contributed by atoms with van der Waals surface area (Å²) in [5.74, 6) is 0.434. The van der Waals surface area contributed by atoms with Crippen LogP contribution in [0.25, 0.3) is 0 Å². The number of amides is 1. The van der Waals surface area contributed by atoms with Crippen LogP contribution < -0.4 is 11.5 Å². The molecule has 0 radical (unpaired) electrons. The molecule has 102 valence electrons. The average molecular weight is 243 g/mol. The fourth-order valence-corrected chi connectivity index (χ4v) is 1.39. The van der Waals surface area contributed by atoms with Gasteiger partial charge in [0.2, 0.25) is 5.91 Å². The molecule has 4 heteroatoms. The number of likely N-dealkylation sites (N-methyl/N-ethyl adjacent to an activating group) is 1. The lowest BCUT2D eigenvalue weighted by Gasteiger charge is -2.30. The first-order chi connectivity index (χ1) is 7.57. The van der Waals surface area contributed by atoms with Crippen molar-refractivity contribution in [2.75, 3.05) is 13.6 Å². The summed E-state index contributed by atoms with van der Waals surface area (Å²) in [7, 11) is 1.79. The van der Waals surface area contributed by atoms with Crippen molar-refractivity contribution in [1.82, 2.24) is 4.90 Å². The molecule has 0 rings (SSSR count). The summed E-state index contributed by atoms with van der Waals surface area (Å²) in [6.07, 6.45) is 0.816. The molecule has 0 aromatic rings. The van der Waals surface area contributed by atoms with Gasteiger partial charge in [-0.1, -0.05) is 34.6 Å². The smallest absolute Gasteiger partial charge is 0.239 e. The summed E-state index contributed by atoms with van der Waals surface area (Å²) in [5.41, 5.74) is 11.7. The lowest BCUT2D eigenvalue weighted by molar-refractivity contribution is -0.133. The Labute approximate surface area is 106 Å². The topological polar surface area (TPSA) is 72.3 Å². The molecular weight excluding hydrogens is 214 g/mol. The van der Waals surface area contributed by atoms with Crippen molar-refractivity contribution in [3.63, 3.8) is 0 Å². The van der Waals surface area contributed by atoms with Gasteiger partial charge < -0.3 is 16.4 Å². The fourth-order valence-electron chi connectivity index (χ4n) is 1.39. The number of nitrogens with zero attached hydrogens (tertiary/aromatic N) is 1. The molecule has 0 heterocycles. The van der Waals surface area contributed by atoms with Crippen molar-refractivity contribution < 1.29 is 4.79 Å². The average Bonchev–Trinajstić information content (AvgIpc) is 2.21. The van der Waals surface area contributed by atoms with E-state index in [9.17, 15) is 4.79 Å². The van der Waals surface area contributed by atoms with E-state index in [0.29, 0.717) is 12.5 Å². The molecule has 2 atom stereocenters. The first kappa shape index (κ1) is 16.4. The fraction of sp³-hybridized carbons (Fsp3) is 0.923. The van der Waals surface area contributed by atoms with Crippen LogP contribution in [0.2, 0.25) is 0 Å². The zero-order valence-corrected chi connectivity index (χ0v) is 12.2. The number of hydrogen-bond acceptors (Lipinski definition) is 3. The van der Waals surface area contributed by atoms with Crippen molar-refractivity contribution >= 4 is 5.91 Å². The minimum atomic E-state index is -0.456. The van der Waals surface area contributed by atoms with Crippen LogP contribution in [0.5, 0.6) is 0 Å². The minimum absolute atomic E-state index is 0.00606. The Hall–Kier alpha value is -0.610. The number of carbonyl (C=O) groups is 1. The molecule has 0 aromatic carbocycles. The van der Waals surface area contributed by atoms with Crippen LogP contribution >= 0.6 is 0 Å². The molecule has 0 aromatic heterocycles. The van der Waals surface area contributed by atoms with Gasteiger partial charge >= 0.3 is 0 Å². The molecule has 0 aliphatic heterocycles. The molecule has 0 bridgehead atoms. The Balaban J connectivity index is 4.24. The maximum atomic E-state index is 12.0. The van der Waals surface area contributed by atoms with Gasteiger partial charge in [-0.2, -0.15) is 0 Å². The van der Waals surface area contributed by atoms with Gasteiger partial charge in [-0.05, 0) is 17.8 Å². The van der Waals surface area contributed by atoms with Gasteiger partial charge in [-0.15, -0.1) is 0 Å². The maximum absolute atomic E-state index is 12.0. The zero-order valence-electron chi connectivity index (χ0n) is 12.2. The molecule has 0 aliphatic rings. The molecule has 1 unspecified atom stereocenters. The second-order valence-corrected chi connectivity index (χ2v) is 6.30. The van der Waals surface area contributed by atoms with Crippen LogP contribution in [0.3, 0.4) is 0 Å². The predicted molar refractivity (Wildman–Crippen MR) is 72.5 cm³/mol. The molecule has 0 saturated heterocycles. The zero-order chi connectivity index (χ0) is 13.8. The normalized spacial score (nSPS) is 15.8. The summed E-state index contributed by atoms with van der Waals surface area (Å²) in [6, 6.07) is -0.320. The quantitative estimate of drug-likeness (QED) is 0.762. The second kappa shape index (κ2) is 6.36. The highest BCUT2D eigenvalue weighted by atomic mass is 16.2. The van der Waals surface area contributed by atoms with Gasteiger partial charge in [0.05, 0.1) is 6.04 Å². The van der Waals surface area contributed by atoms with E-state index in [-0.39, 0.29) is 17.4 Å². The Morgan fingerprint density at radius 3 is 2.06 bits per heavy atom. The molecule has 4 N–H and O–H groups in total. The van der Waals surface area contributed by atoms with E-state index in [0.717, 1.165) is 6.42 Å². The second-order valence-electron chi connectivity index (χ2n) is 6.30. The van der Waals surface area contributed by atoms with Crippen molar-refractivity contribution in [3.8, 4) is 0 Å².